The van der Waals surface area contributed by atoms with Crippen LogP contribution in [0.1, 0.15) is 11.1 Å². The van der Waals surface area contributed by atoms with Crippen molar-refractivity contribution >= 4 is 65.4 Å². The second-order valence-electron chi connectivity index (χ2n) is 15.2. The number of aryl methyl sites for hydroxylation is 2. The van der Waals surface area contributed by atoms with E-state index in [0.717, 1.165) is 72.5 Å². The molecule has 0 atom stereocenters. The van der Waals surface area contributed by atoms with Crippen LogP contribution in [0.4, 0.5) is 0 Å². The van der Waals surface area contributed by atoms with Gasteiger partial charge in [0.05, 0.1) is 40.7 Å². The molecule has 6 aromatic carbocycles. The molecule has 61 heavy (non-hydrogen) atoms. The quantitative estimate of drug-likeness (QED) is 0.165. The van der Waals surface area contributed by atoms with Gasteiger partial charge in [-0.1, -0.05) is 103 Å². The van der Waals surface area contributed by atoms with E-state index in [-0.39, 0.29) is 0 Å². The molecule has 7 nitrogen and oxygen atoms in total. The zero-order chi connectivity index (χ0) is 41.3. The number of pyridine rings is 3. The first-order valence-corrected chi connectivity index (χ1v) is 20.4. The molecule has 6 heterocycles. The summed E-state index contributed by atoms with van der Waals surface area (Å²) in [7, 11) is 1.68. The number of fused-ring (bicyclic) bond motifs is 6. The van der Waals surface area contributed by atoms with Crippen LogP contribution < -0.4 is 4.74 Å². The number of aromatic nitrogens is 6. The molecule has 0 spiro atoms. The van der Waals surface area contributed by atoms with E-state index < -0.39 is 0 Å². The zero-order valence-corrected chi connectivity index (χ0v) is 34.1. The van der Waals surface area contributed by atoms with Gasteiger partial charge in [0.25, 0.3) is 0 Å². The van der Waals surface area contributed by atoms with E-state index in [9.17, 15) is 0 Å². The van der Waals surface area contributed by atoms with Crippen molar-refractivity contribution in [3.63, 3.8) is 0 Å². The summed E-state index contributed by atoms with van der Waals surface area (Å²) in [6, 6.07) is 55.9. The van der Waals surface area contributed by atoms with Gasteiger partial charge in [0.2, 0.25) is 0 Å². The van der Waals surface area contributed by atoms with Crippen molar-refractivity contribution in [2.24, 2.45) is 0 Å². The number of aromatic amines is 3. The lowest BCUT2D eigenvalue weighted by Crippen LogP contribution is -1.88. The van der Waals surface area contributed by atoms with Gasteiger partial charge in [0, 0.05) is 90.2 Å². The largest absolute Gasteiger partial charge is 0.497 e. The van der Waals surface area contributed by atoms with Crippen molar-refractivity contribution in [2.75, 3.05) is 7.11 Å². The summed E-state index contributed by atoms with van der Waals surface area (Å²) >= 11 is 0. The van der Waals surface area contributed by atoms with Gasteiger partial charge in [-0.05, 0) is 79.6 Å². The molecule has 0 aliphatic heterocycles. The van der Waals surface area contributed by atoms with Gasteiger partial charge in [0.1, 0.15) is 5.75 Å². The van der Waals surface area contributed by atoms with Gasteiger partial charge < -0.3 is 19.7 Å². The Morgan fingerprint density at radius 2 is 0.934 bits per heavy atom. The lowest BCUT2D eigenvalue weighted by Gasteiger charge is -2.06. The Morgan fingerprint density at radius 3 is 1.66 bits per heavy atom. The molecule has 0 aliphatic rings. The van der Waals surface area contributed by atoms with Crippen molar-refractivity contribution in [1.82, 2.24) is 29.9 Å². The summed E-state index contributed by atoms with van der Waals surface area (Å²) in [4.78, 5) is 24.3. The number of benzene rings is 6. The molecule has 0 fully saturated rings. The molecule has 6 aromatic heterocycles. The second-order valence-corrected chi connectivity index (χ2v) is 15.2. The Labute approximate surface area is 352 Å². The van der Waals surface area contributed by atoms with Crippen LogP contribution in [-0.4, -0.2) is 37.0 Å². The minimum absolute atomic E-state index is 0.851. The number of H-pyrrole nitrogens is 3. The minimum Gasteiger partial charge on any atom is -0.497 e. The van der Waals surface area contributed by atoms with Crippen LogP contribution in [-0.2, 0) is 0 Å². The number of para-hydroxylation sites is 5. The highest BCUT2D eigenvalue weighted by Crippen LogP contribution is 2.33. The lowest BCUT2D eigenvalue weighted by molar-refractivity contribution is 0.415. The highest BCUT2D eigenvalue weighted by molar-refractivity contribution is 5.99. The van der Waals surface area contributed by atoms with Crippen LogP contribution in [0.5, 0.6) is 5.75 Å². The Hall–Kier alpha value is -8.03. The Bertz CT molecular complexity index is 3520. The number of hydrogen-bond acceptors (Lipinski definition) is 4. The van der Waals surface area contributed by atoms with Gasteiger partial charge in [-0.2, -0.15) is 0 Å². The number of methoxy groups -OCH3 is 1. The molecule has 0 amide bonds. The number of ether oxygens (including phenoxy) is 1. The van der Waals surface area contributed by atoms with Crippen LogP contribution in [0, 0.1) is 13.8 Å². The fourth-order valence-corrected chi connectivity index (χ4v) is 8.16. The van der Waals surface area contributed by atoms with Crippen LogP contribution in [0.2, 0.25) is 0 Å². The number of nitrogens with one attached hydrogen (secondary N) is 3. The van der Waals surface area contributed by atoms with E-state index in [2.05, 4.69) is 144 Å². The molecule has 12 rings (SSSR count). The van der Waals surface area contributed by atoms with Crippen LogP contribution in [0.3, 0.4) is 0 Å². The minimum atomic E-state index is 0.851. The molecule has 0 saturated carbocycles. The molecule has 3 N–H and O–H groups in total. The Kier molecular flexibility index (Phi) is 9.75. The number of nitrogens with zero attached hydrogens (tertiary/aromatic N) is 3. The van der Waals surface area contributed by atoms with Crippen molar-refractivity contribution in [2.45, 2.75) is 13.8 Å². The molecule has 12 aromatic rings. The van der Waals surface area contributed by atoms with E-state index in [1.54, 1.807) is 7.11 Å². The summed E-state index contributed by atoms with van der Waals surface area (Å²) in [6.45, 7) is 4.25. The first kappa shape index (κ1) is 37.3. The summed E-state index contributed by atoms with van der Waals surface area (Å²) in [5.41, 5.74) is 15.4. The summed E-state index contributed by atoms with van der Waals surface area (Å²) < 4.78 is 5.28. The van der Waals surface area contributed by atoms with Gasteiger partial charge in [-0.3, -0.25) is 0 Å². The van der Waals surface area contributed by atoms with E-state index in [4.69, 9.17) is 19.7 Å². The third-order valence-electron chi connectivity index (χ3n) is 11.3. The second kappa shape index (κ2) is 16.0. The van der Waals surface area contributed by atoms with E-state index in [1.165, 1.54) is 43.6 Å². The van der Waals surface area contributed by atoms with Crippen LogP contribution in [0.25, 0.3) is 99.2 Å². The zero-order valence-electron chi connectivity index (χ0n) is 34.1. The van der Waals surface area contributed by atoms with Crippen LogP contribution >= 0.6 is 0 Å². The summed E-state index contributed by atoms with van der Waals surface area (Å²) in [6.07, 6.45) is 6.09. The van der Waals surface area contributed by atoms with E-state index in [0.29, 0.717) is 0 Å². The topological polar surface area (TPSA) is 95.3 Å². The van der Waals surface area contributed by atoms with Crippen molar-refractivity contribution < 1.29 is 4.74 Å². The van der Waals surface area contributed by atoms with Crippen molar-refractivity contribution in [1.29, 1.82) is 0 Å². The normalized spacial score (nSPS) is 11.2. The average Bonchev–Trinajstić information content (AvgIpc) is 4.07. The third-order valence-corrected chi connectivity index (χ3v) is 11.3. The maximum atomic E-state index is 5.28. The highest BCUT2D eigenvalue weighted by Gasteiger charge is 2.12. The maximum Gasteiger partial charge on any atom is 0.120 e. The molecular formula is C54H42N6O. The number of hydrogen-bond donors (Lipinski definition) is 3. The van der Waals surface area contributed by atoms with Crippen LogP contribution in [0.15, 0.2) is 182 Å². The van der Waals surface area contributed by atoms with E-state index in [1.807, 2.05) is 67.0 Å². The molecule has 0 bridgehead atoms. The number of rotatable bonds is 4. The van der Waals surface area contributed by atoms with Crippen molar-refractivity contribution in [3.05, 3.63) is 194 Å². The molecule has 0 saturated heterocycles. The molecule has 0 aliphatic carbocycles. The Morgan fingerprint density at radius 1 is 0.393 bits per heavy atom. The smallest absolute Gasteiger partial charge is 0.120 e. The average molecular weight is 791 g/mol. The summed E-state index contributed by atoms with van der Waals surface area (Å²) in [5.74, 6) is 0.851. The van der Waals surface area contributed by atoms with E-state index >= 15 is 0 Å². The summed E-state index contributed by atoms with van der Waals surface area (Å²) in [5, 5.41) is 7.15. The molecule has 7 heteroatoms. The van der Waals surface area contributed by atoms with Gasteiger partial charge >= 0.3 is 0 Å². The first-order chi connectivity index (χ1) is 30.0. The maximum absolute atomic E-state index is 5.28. The molecule has 0 radical (unpaired) electrons. The fourth-order valence-electron chi connectivity index (χ4n) is 8.16. The van der Waals surface area contributed by atoms with Gasteiger partial charge in [-0.25, -0.2) is 15.0 Å². The third kappa shape index (κ3) is 7.23. The Balaban J connectivity index is 0.000000110. The van der Waals surface area contributed by atoms with Gasteiger partial charge in [-0.15, -0.1) is 0 Å². The molecule has 294 valence electrons. The lowest BCUT2D eigenvalue weighted by atomic mass is 10.0. The van der Waals surface area contributed by atoms with Crippen molar-refractivity contribution in [3.8, 4) is 39.5 Å². The standard InChI is InChI=1S/C19H16N2O.C18H14N2.C17H12N2/c1-12-9-19(21-17-6-4-3-5-14(12)17)16-11-20-18-10-13(22-2)7-8-15(16)18;1-12-5-4-7-14-15(11-19-18(12)14)17-10-9-13-6-2-3-8-16(13)20-17;1-3-7-15-12(5-1)9-10-17(19-15)14-11-18-16-8-4-2-6-13(14)16/h3-11,20H,1-2H3;2-11,19H,1H3;1-11,18H. The highest BCUT2D eigenvalue weighted by atomic mass is 16.5. The monoisotopic (exact) mass is 790 g/mol. The molecular weight excluding hydrogens is 749 g/mol. The predicted octanol–water partition coefficient (Wildman–Crippen LogP) is 13.8. The fraction of sp³-hybridized carbons (Fsp3) is 0.0556. The predicted molar refractivity (Wildman–Crippen MR) is 253 cm³/mol. The van der Waals surface area contributed by atoms with Gasteiger partial charge in [0.15, 0.2) is 0 Å². The SMILES string of the molecule is COc1ccc2c(-c3cc(C)c4ccccc4n3)c[nH]c2c1.Cc1cccc2c(-c3ccc4ccccc4n3)c[nH]c12.c1ccc2nc(-c3c[nH]c4ccccc34)ccc2c1. The first-order valence-electron chi connectivity index (χ1n) is 20.4. The molecule has 0 unspecified atom stereocenters.